The summed E-state index contributed by atoms with van der Waals surface area (Å²) in [6.07, 6.45) is 5.22. The molecule has 1 saturated carbocycles. The molecule has 0 bridgehead atoms. The minimum absolute atomic E-state index is 0.153. The summed E-state index contributed by atoms with van der Waals surface area (Å²) in [5, 5.41) is 2.73. The van der Waals surface area contributed by atoms with Crippen LogP contribution in [0, 0.1) is 5.92 Å². The van der Waals surface area contributed by atoms with Crippen LogP contribution in [-0.4, -0.2) is 34.8 Å². The summed E-state index contributed by atoms with van der Waals surface area (Å²) in [5.41, 5.74) is 4.18. The number of urea groups is 1. The van der Waals surface area contributed by atoms with Crippen LogP contribution in [0.5, 0.6) is 0 Å². The Morgan fingerprint density at radius 3 is 2.56 bits per heavy atom. The van der Waals surface area contributed by atoms with Crippen LogP contribution in [0.4, 0.5) is 4.79 Å². The number of carbonyl (C=O) groups is 3. The lowest BCUT2D eigenvalue weighted by atomic mass is 9.75. The number of primary amides is 1. The fourth-order valence-electron chi connectivity index (χ4n) is 2.97. The van der Waals surface area contributed by atoms with Crippen LogP contribution in [0.3, 0.4) is 0 Å². The predicted octanol–water partition coefficient (Wildman–Crippen LogP) is 0.363. The van der Waals surface area contributed by atoms with E-state index in [1.54, 1.807) is 6.92 Å². The number of nitrogens with zero attached hydrogens (tertiary/aromatic N) is 1. The third kappa shape index (κ3) is 2.07. The van der Waals surface area contributed by atoms with Crippen molar-refractivity contribution in [3.05, 3.63) is 0 Å². The third-order valence-electron chi connectivity index (χ3n) is 4.04. The van der Waals surface area contributed by atoms with Gasteiger partial charge in [-0.05, 0) is 25.7 Å². The van der Waals surface area contributed by atoms with Gasteiger partial charge in [-0.25, -0.2) is 4.79 Å². The summed E-state index contributed by atoms with van der Waals surface area (Å²) in [4.78, 5) is 35.9. The van der Waals surface area contributed by atoms with Crippen LogP contribution in [-0.2, 0) is 9.59 Å². The number of hydrogen-bond donors (Lipinski definition) is 2. The van der Waals surface area contributed by atoms with Gasteiger partial charge >= 0.3 is 6.03 Å². The van der Waals surface area contributed by atoms with E-state index in [-0.39, 0.29) is 18.4 Å². The Morgan fingerprint density at radius 2 is 2.00 bits per heavy atom. The second-order valence-corrected chi connectivity index (χ2v) is 5.33. The van der Waals surface area contributed by atoms with E-state index in [1.165, 1.54) is 6.42 Å². The topological polar surface area (TPSA) is 92.5 Å². The number of amides is 4. The van der Waals surface area contributed by atoms with Crippen molar-refractivity contribution in [3.8, 4) is 0 Å². The van der Waals surface area contributed by atoms with Gasteiger partial charge in [0.2, 0.25) is 5.91 Å². The molecule has 0 radical (unpaired) electrons. The van der Waals surface area contributed by atoms with E-state index in [0.29, 0.717) is 0 Å². The highest BCUT2D eigenvalue weighted by Gasteiger charge is 2.52. The van der Waals surface area contributed by atoms with Crippen LogP contribution in [0.25, 0.3) is 0 Å². The lowest BCUT2D eigenvalue weighted by Crippen LogP contribution is -2.51. The Balaban J connectivity index is 2.16. The minimum atomic E-state index is -0.868. The summed E-state index contributed by atoms with van der Waals surface area (Å²) in [6.45, 7) is 1.41. The highest BCUT2D eigenvalue weighted by Crippen LogP contribution is 2.36. The van der Waals surface area contributed by atoms with Crippen molar-refractivity contribution in [2.45, 2.75) is 44.6 Å². The number of nitrogens with two attached hydrogens (primary N) is 1. The highest BCUT2D eigenvalue weighted by molar-refractivity contribution is 6.08. The second kappa shape index (κ2) is 4.59. The van der Waals surface area contributed by atoms with Crippen LogP contribution in [0.15, 0.2) is 0 Å². The molecule has 4 amide bonds. The van der Waals surface area contributed by atoms with Gasteiger partial charge in [-0.3, -0.25) is 14.5 Å². The molecule has 1 atom stereocenters. The Labute approximate surface area is 106 Å². The fraction of sp³-hybridized carbons (Fsp3) is 0.750. The molecule has 0 aromatic heterocycles. The van der Waals surface area contributed by atoms with Crippen molar-refractivity contribution >= 4 is 17.8 Å². The number of nitrogens with one attached hydrogen (secondary N) is 1. The largest absolute Gasteiger partial charge is 0.368 e. The van der Waals surface area contributed by atoms with Crippen LogP contribution >= 0.6 is 0 Å². The SMILES string of the molecule is C[C@@]1(C2CCCCC2)NC(=O)N(CC(N)=O)C1=O. The maximum absolute atomic E-state index is 12.3. The van der Waals surface area contributed by atoms with E-state index in [2.05, 4.69) is 5.32 Å². The van der Waals surface area contributed by atoms with Crippen LogP contribution in [0.2, 0.25) is 0 Å². The molecule has 2 rings (SSSR count). The smallest absolute Gasteiger partial charge is 0.325 e. The van der Waals surface area contributed by atoms with E-state index in [4.69, 9.17) is 5.73 Å². The second-order valence-electron chi connectivity index (χ2n) is 5.33. The molecule has 0 aromatic rings. The summed E-state index contributed by atoms with van der Waals surface area (Å²) in [5.74, 6) is -0.842. The molecule has 1 heterocycles. The Hall–Kier alpha value is -1.59. The maximum atomic E-state index is 12.3. The predicted molar refractivity (Wildman–Crippen MR) is 64.4 cm³/mol. The molecule has 0 aromatic carbocycles. The van der Waals surface area contributed by atoms with Crippen molar-refractivity contribution in [1.29, 1.82) is 0 Å². The van der Waals surface area contributed by atoms with Crippen molar-refractivity contribution in [2.75, 3.05) is 6.54 Å². The zero-order chi connectivity index (χ0) is 13.3. The number of imide groups is 1. The van der Waals surface area contributed by atoms with Gasteiger partial charge in [-0.2, -0.15) is 0 Å². The molecule has 0 unspecified atom stereocenters. The van der Waals surface area contributed by atoms with Gasteiger partial charge in [-0.1, -0.05) is 19.3 Å². The van der Waals surface area contributed by atoms with Gasteiger partial charge in [0.05, 0.1) is 0 Å². The van der Waals surface area contributed by atoms with E-state index in [9.17, 15) is 14.4 Å². The monoisotopic (exact) mass is 253 g/mol. The molecule has 3 N–H and O–H groups in total. The zero-order valence-corrected chi connectivity index (χ0v) is 10.6. The molecular weight excluding hydrogens is 234 g/mol. The molecule has 1 aliphatic heterocycles. The summed E-state index contributed by atoms with van der Waals surface area (Å²) < 4.78 is 0. The lowest BCUT2D eigenvalue weighted by molar-refractivity contribution is -0.135. The first-order valence-electron chi connectivity index (χ1n) is 6.37. The summed E-state index contributed by atoms with van der Waals surface area (Å²) in [6, 6.07) is -0.508. The van der Waals surface area contributed by atoms with Gasteiger partial charge in [0.1, 0.15) is 12.1 Å². The van der Waals surface area contributed by atoms with Gasteiger partial charge in [0.15, 0.2) is 0 Å². The first-order valence-corrected chi connectivity index (χ1v) is 6.37. The van der Waals surface area contributed by atoms with Gasteiger partial charge in [0, 0.05) is 0 Å². The highest BCUT2D eigenvalue weighted by atomic mass is 16.2. The molecule has 2 fully saturated rings. The lowest BCUT2D eigenvalue weighted by Gasteiger charge is -2.34. The molecular formula is C12H19N3O3. The molecule has 18 heavy (non-hydrogen) atoms. The molecule has 1 saturated heterocycles. The van der Waals surface area contributed by atoms with Crippen LogP contribution < -0.4 is 11.1 Å². The van der Waals surface area contributed by atoms with Gasteiger partial charge in [0.25, 0.3) is 5.91 Å². The first kappa shape index (κ1) is 12.9. The third-order valence-corrected chi connectivity index (χ3v) is 4.04. The Morgan fingerprint density at radius 1 is 1.39 bits per heavy atom. The average Bonchev–Trinajstić information content (AvgIpc) is 2.55. The number of carbonyl (C=O) groups excluding carboxylic acids is 3. The summed E-state index contributed by atoms with van der Waals surface area (Å²) in [7, 11) is 0. The number of rotatable bonds is 3. The molecule has 6 heteroatoms. The minimum Gasteiger partial charge on any atom is -0.368 e. The molecule has 2 aliphatic rings. The van der Waals surface area contributed by atoms with Gasteiger partial charge in [-0.15, -0.1) is 0 Å². The van der Waals surface area contributed by atoms with E-state index in [1.807, 2.05) is 0 Å². The number of hydrogen-bond acceptors (Lipinski definition) is 3. The van der Waals surface area contributed by atoms with Crippen LogP contribution in [0.1, 0.15) is 39.0 Å². The first-order chi connectivity index (χ1) is 8.45. The van der Waals surface area contributed by atoms with E-state index < -0.39 is 17.5 Å². The van der Waals surface area contributed by atoms with Gasteiger partial charge < -0.3 is 11.1 Å². The molecule has 6 nitrogen and oxygen atoms in total. The average molecular weight is 253 g/mol. The molecule has 0 spiro atoms. The standard InChI is InChI=1S/C12H19N3O3/c1-12(8-5-3-2-4-6-8)10(17)15(7-9(13)16)11(18)14-12/h8H,2-7H2,1H3,(H2,13,16)(H,14,18)/t12-/m0/s1. The van der Waals surface area contributed by atoms with Crippen molar-refractivity contribution in [1.82, 2.24) is 10.2 Å². The Kier molecular flexibility index (Phi) is 3.28. The Bertz CT molecular complexity index is 390. The molecule has 100 valence electrons. The zero-order valence-electron chi connectivity index (χ0n) is 10.6. The fourth-order valence-corrected chi connectivity index (χ4v) is 2.97. The van der Waals surface area contributed by atoms with E-state index >= 15 is 0 Å². The maximum Gasteiger partial charge on any atom is 0.325 e. The van der Waals surface area contributed by atoms with E-state index in [0.717, 1.165) is 30.6 Å². The normalized spacial score (nSPS) is 29.5. The van der Waals surface area contributed by atoms with Crippen molar-refractivity contribution in [2.24, 2.45) is 11.7 Å². The van der Waals surface area contributed by atoms with Crippen molar-refractivity contribution < 1.29 is 14.4 Å². The summed E-state index contributed by atoms with van der Waals surface area (Å²) >= 11 is 0. The molecule has 1 aliphatic carbocycles. The van der Waals surface area contributed by atoms with Crippen molar-refractivity contribution in [3.63, 3.8) is 0 Å². The quantitative estimate of drug-likeness (QED) is 0.711.